The van der Waals surface area contributed by atoms with Gasteiger partial charge in [0, 0.05) is 0 Å². The van der Waals surface area contributed by atoms with E-state index >= 15 is 0 Å². The van der Waals surface area contributed by atoms with E-state index < -0.39 is 21.5 Å². The van der Waals surface area contributed by atoms with E-state index in [2.05, 4.69) is 4.74 Å². The number of hydrogen-bond donors (Lipinski definition) is 2. The summed E-state index contributed by atoms with van der Waals surface area (Å²) in [7, 11) is -3.14. The number of hydrogen-bond acceptors (Lipinski definition) is 5. The fraction of sp³-hybridized carbons (Fsp3) is 0.364. The predicted molar refractivity (Wildman–Crippen MR) is 70.8 cm³/mol. The molecule has 0 aromatic heterocycles. The molecule has 1 atom stereocenters. The van der Waals surface area contributed by atoms with Gasteiger partial charge in [-0.1, -0.05) is 12.1 Å². The fourth-order valence-electron chi connectivity index (χ4n) is 1.36. The minimum atomic E-state index is -4.42. The molecule has 0 aliphatic heterocycles. The number of esters is 1. The molecule has 0 aliphatic rings. The molecule has 1 aromatic carbocycles. The third-order valence-corrected chi connectivity index (χ3v) is 3.32. The number of carbonyl (C=O) groups is 1. The number of aliphatic hydroxyl groups is 1. The zero-order valence-corrected chi connectivity index (χ0v) is 10.6. The molecule has 0 saturated carbocycles. The Morgan fingerprint density at radius 1 is 1.32 bits per heavy atom. The topological polar surface area (TPSA) is 101 Å². The molecule has 0 radical (unpaired) electrons. The monoisotopic (exact) mass is 298 g/mol. The summed E-state index contributed by atoms with van der Waals surface area (Å²) in [6.45, 7) is 0. The Morgan fingerprint density at radius 3 is 2.26 bits per heavy atom. The number of ether oxygens (including phenoxy) is 1. The van der Waals surface area contributed by atoms with Gasteiger partial charge in [-0.25, -0.2) is 4.79 Å². The second-order valence-electron chi connectivity index (χ2n) is 3.70. The first kappa shape index (κ1) is 18.6. The van der Waals surface area contributed by atoms with Crippen LogP contribution in [0.4, 0.5) is 0 Å². The van der Waals surface area contributed by atoms with Gasteiger partial charge < -0.3 is 9.84 Å². The van der Waals surface area contributed by atoms with E-state index in [0.29, 0.717) is 5.56 Å². The van der Waals surface area contributed by atoms with E-state index in [1.54, 1.807) is 24.3 Å². The van der Waals surface area contributed by atoms with Crippen LogP contribution in [0.15, 0.2) is 24.3 Å². The van der Waals surface area contributed by atoms with Crippen LogP contribution in [0.25, 0.3) is 0 Å². The van der Waals surface area contributed by atoms with Gasteiger partial charge in [-0.3, -0.25) is 4.55 Å². The van der Waals surface area contributed by atoms with Crippen molar-refractivity contribution in [2.75, 3.05) is 7.11 Å². The Kier molecular flexibility index (Phi) is 7.80. The van der Waals surface area contributed by atoms with Crippen LogP contribution in [-0.4, -0.2) is 66.1 Å². The minimum absolute atomic E-state index is 0. The van der Waals surface area contributed by atoms with Gasteiger partial charge in [0.05, 0.1) is 12.7 Å². The Bertz CT molecular complexity index is 510. The van der Waals surface area contributed by atoms with Crippen molar-refractivity contribution >= 4 is 45.6 Å². The number of rotatable bonds is 5. The van der Waals surface area contributed by atoms with Crippen LogP contribution in [0.5, 0.6) is 0 Å². The predicted octanol–water partition coefficient (Wildman–Crippen LogP) is -0.0365. The molecule has 0 aliphatic carbocycles. The van der Waals surface area contributed by atoms with E-state index in [-0.39, 0.29) is 42.4 Å². The maximum absolute atomic E-state index is 11.1. The van der Waals surface area contributed by atoms with E-state index in [1.165, 1.54) is 7.11 Å². The zero-order chi connectivity index (χ0) is 13.8. The Morgan fingerprint density at radius 2 is 1.84 bits per heavy atom. The van der Waals surface area contributed by atoms with Crippen molar-refractivity contribution in [2.45, 2.75) is 18.3 Å². The molecule has 19 heavy (non-hydrogen) atoms. The number of benzene rings is 1. The molecule has 2 N–H and O–H groups in total. The standard InChI is InChI=1S/C11H14O6S.Na.H/c1-17-11(13)9-5-2-8(3-6-9)4-7-10(12)18(14,15)16;;/h2-3,5-6,10,12H,4,7H2,1H3,(H,14,15,16);;. The van der Waals surface area contributed by atoms with E-state index in [4.69, 9.17) is 9.66 Å². The van der Waals surface area contributed by atoms with Gasteiger partial charge in [0.2, 0.25) is 0 Å². The van der Waals surface area contributed by atoms with Gasteiger partial charge >= 0.3 is 35.5 Å². The second-order valence-corrected chi connectivity index (χ2v) is 5.27. The third kappa shape index (κ3) is 6.03. The molecule has 1 unspecified atom stereocenters. The van der Waals surface area contributed by atoms with Gasteiger partial charge in [-0.15, -0.1) is 0 Å². The maximum atomic E-state index is 11.1. The van der Waals surface area contributed by atoms with Gasteiger partial charge in [-0.2, -0.15) is 8.42 Å². The molecule has 1 rings (SSSR count). The molecule has 0 spiro atoms. The number of aliphatic hydroxyl groups excluding tert-OH is 1. The SMILES string of the molecule is COC(=O)c1ccc(CCC(O)S(=O)(=O)O)cc1.[NaH]. The van der Waals surface area contributed by atoms with Crippen LogP contribution in [0.2, 0.25) is 0 Å². The van der Waals surface area contributed by atoms with E-state index in [9.17, 15) is 13.2 Å². The van der Waals surface area contributed by atoms with Gasteiger partial charge in [0.1, 0.15) is 0 Å². The molecular weight excluding hydrogens is 283 g/mol. The molecular formula is C11H15NaO6S. The van der Waals surface area contributed by atoms with Crippen LogP contribution >= 0.6 is 0 Å². The normalized spacial score (nSPS) is 12.4. The summed E-state index contributed by atoms with van der Waals surface area (Å²) >= 11 is 0. The van der Waals surface area contributed by atoms with Crippen LogP contribution in [-0.2, 0) is 21.3 Å². The summed E-state index contributed by atoms with van der Waals surface area (Å²) in [5.41, 5.74) is -0.667. The number of aryl methyl sites for hydroxylation is 1. The van der Waals surface area contributed by atoms with Crippen molar-refractivity contribution in [3.63, 3.8) is 0 Å². The van der Waals surface area contributed by atoms with Gasteiger partial charge in [-0.05, 0) is 30.5 Å². The van der Waals surface area contributed by atoms with Crippen molar-refractivity contribution in [1.82, 2.24) is 0 Å². The summed E-state index contributed by atoms with van der Waals surface area (Å²) in [6.07, 6.45) is 0.152. The van der Waals surface area contributed by atoms with Crippen LogP contribution in [0.3, 0.4) is 0 Å². The van der Waals surface area contributed by atoms with Crippen molar-refractivity contribution in [1.29, 1.82) is 0 Å². The summed E-state index contributed by atoms with van der Waals surface area (Å²) in [4.78, 5) is 11.1. The molecule has 6 nitrogen and oxygen atoms in total. The third-order valence-electron chi connectivity index (χ3n) is 2.40. The molecule has 0 amide bonds. The number of methoxy groups -OCH3 is 1. The Labute approximate surface area is 133 Å². The zero-order valence-electron chi connectivity index (χ0n) is 9.74. The van der Waals surface area contributed by atoms with E-state index in [1.807, 2.05) is 0 Å². The average molecular weight is 298 g/mol. The van der Waals surface area contributed by atoms with Crippen molar-refractivity contribution in [3.05, 3.63) is 35.4 Å². The fourth-order valence-corrected chi connectivity index (χ4v) is 1.78. The molecule has 0 fully saturated rings. The van der Waals surface area contributed by atoms with Crippen LogP contribution in [0, 0.1) is 0 Å². The first-order chi connectivity index (χ1) is 8.34. The summed E-state index contributed by atoms with van der Waals surface area (Å²) in [6, 6.07) is 6.34. The number of carbonyl (C=O) groups excluding carboxylic acids is 1. The quantitative estimate of drug-likeness (QED) is 0.449. The van der Waals surface area contributed by atoms with Crippen molar-refractivity contribution in [3.8, 4) is 0 Å². The summed E-state index contributed by atoms with van der Waals surface area (Å²) < 4.78 is 34.3. The average Bonchev–Trinajstić information content (AvgIpc) is 2.34. The molecule has 0 bridgehead atoms. The van der Waals surface area contributed by atoms with Crippen molar-refractivity contribution in [2.24, 2.45) is 0 Å². The van der Waals surface area contributed by atoms with Crippen molar-refractivity contribution < 1.29 is 27.6 Å². The molecule has 1 aromatic rings. The molecule has 0 heterocycles. The summed E-state index contributed by atoms with van der Waals surface area (Å²) in [5.74, 6) is -0.459. The first-order valence-corrected chi connectivity index (χ1v) is 6.66. The summed E-state index contributed by atoms with van der Waals surface area (Å²) in [5, 5.41) is 9.12. The first-order valence-electron chi connectivity index (χ1n) is 5.16. The van der Waals surface area contributed by atoms with E-state index in [0.717, 1.165) is 5.56 Å². The van der Waals surface area contributed by atoms with Gasteiger partial charge in [0.15, 0.2) is 5.44 Å². The Balaban J connectivity index is 0.00000324. The second kappa shape index (κ2) is 7.98. The Hall–Kier alpha value is -0.440. The molecule has 0 saturated heterocycles. The van der Waals surface area contributed by atoms with Crippen LogP contribution in [0.1, 0.15) is 22.3 Å². The molecule has 8 heteroatoms. The molecule has 102 valence electrons. The van der Waals surface area contributed by atoms with Crippen LogP contribution < -0.4 is 0 Å². The van der Waals surface area contributed by atoms with Gasteiger partial charge in [0.25, 0.3) is 10.1 Å².